The lowest BCUT2D eigenvalue weighted by atomic mass is 10.1. The molecular weight excluding hydrogens is 220 g/mol. The number of carboxylic acids is 1. The first-order valence-corrected chi connectivity index (χ1v) is 6.01. The number of carbonyl (C=O) groups is 2. The molecule has 5 nitrogen and oxygen atoms in total. The van der Waals surface area contributed by atoms with Crippen molar-refractivity contribution in [3.63, 3.8) is 0 Å². The van der Waals surface area contributed by atoms with E-state index in [0.717, 1.165) is 25.9 Å². The monoisotopic (exact) mass is 240 g/mol. The van der Waals surface area contributed by atoms with E-state index in [-0.39, 0.29) is 18.0 Å². The fourth-order valence-corrected chi connectivity index (χ4v) is 1.81. The van der Waals surface area contributed by atoms with Crippen molar-refractivity contribution in [3.05, 3.63) is 12.2 Å². The molecule has 0 saturated carbocycles. The molecule has 96 valence electrons. The summed E-state index contributed by atoms with van der Waals surface area (Å²) in [5.74, 6) is -0.849. The molecule has 17 heavy (non-hydrogen) atoms. The van der Waals surface area contributed by atoms with Crippen LogP contribution in [0.25, 0.3) is 0 Å². The van der Waals surface area contributed by atoms with Crippen LogP contribution >= 0.6 is 0 Å². The Bertz CT molecular complexity index is 296. The second kappa shape index (κ2) is 7.06. The van der Waals surface area contributed by atoms with Gasteiger partial charge >= 0.3 is 5.97 Å². The fourth-order valence-electron chi connectivity index (χ4n) is 1.81. The molecule has 0 aromatic heterocycles. The highest BCUT2D eigenvalue weighted by molar-refractivity contribution is 5.86. The Morgan fingerprint density at radius 3 is 2.47 bits per heavy atom. The zero-order chi connectivity index (χ0) is 12.7. The predicted octanol–water partition coefficient (Wildman–Crippen LogP) is 0.619. The number of aliphatic carboxylic acids is 1. The highest BCUT2D eigenvalue weighted by Crippen LogP contribution is 2.09. The lowest BCUT2D eigenvalue weighted by Gasteiger charge is -2.26. The summed E-state index contributed by atoms with van der Waals surface area (Å²) in [6.07, 6.45) is 3.82. The van der Waals surface area contributed by atoms with Crippen LogP contribution in [0.3, 0.4) is 0 Å². The first-order chi connectivity index (χ1) is 8.11. The van der Waals surface area contributed by atoms with Crippen molar-refractivity contribution in [2.75, 3.05) is 26.2 Å². The molecule has 2 N–H and O–H groups in total. The third-order valence-electron chi connectivity index (χ3n) is 2.87. The molecule has 0 unspecified atom stereocenters. The predicted molar refractivity (Wildman–Crippen MR) is 64.7 cm³/mol. The summed E-state index contributed by atoms with van der Waals surface area (Å²) < 4.78 is 0. The fraction of sp³-hybridized carbons (Fsp3) is 0.667. The first kappa shape index (κ1) is 13.7. The summed E-state index contributed by atoms with van der Waals surface area (Å²) in [7, 11) is 0. The van der Waals surface area contributed by atoms with Gasteiger partial charge in [0.1, 0.15) is 0 Å². The topological polar surface area (TPSA) is 69.6 Å². The quantitative estimate of drug-likeness (QED) is 0.527. The van der Waals surface area contributed by atoms with Gasteiger partial charge in [-0.05, 0) is 19.3 Å². The van der Waals surface area contributed by atoms with Crippen molar-refractivity contribution < 1.29 is 14.7 Å². The molecule has 1 rings (SSSR count). The number of amides is 1. The molecule has 5 heteroatoms. The maximum Gasteiger partial charge on any atom is 0.332 e. The zero-order valence-electron chi connectivity index (χ0n) is 10.1. The van der Waals surface area contributed by atoms with Crippen LogP contribution in [-0.2, 0) is 9.59 Å². The van der Waals surface area contributed by atoms with Gasteiger partial charge in [-0.3, -0.25) is 4.79 Å². The van der Waals surface area contributed by atoms with Crippen molar-refractivity contribution in [1.82, 2.24) is 10.2 Å². The van der Waals surface area contributed by atoms with Gasteiger partial charge < -0.3 is 15.3 Å². The number of hydrogen-bond acceptors (Lipinski definition) is 3. The lowest BCUT2D eigenvalue weighted by Crippen LogP contribution is -2.37. The van der Waals surface area contributed by atoms with Gasteiger partial charge in [0, 0.05) is 38.2 Å². The molecule has 0 spiro atoms. The van der Waals surface area contributed by atoms with Crippen molar-refractivity contribution in [1.29, 1.82) is 0 Å². The SMILES string of the molecule is C=C(CNCCC(=O)N1CCCCC1)C(=O)O. The average molecular weight is 240 g/mol. The Balaban J connectivity index is 2.11. The van der Waals surface area contributed by atoms with E-state index in [4.69, 9.17) is 5.11 Å². The molecule has 1 heterocycles. The summed E-state index contributed by atoms with van der Waals surface area (Å²) in [5.41, 5.74) is 0.121. The Hall–Kier alpha value is -1.36. The number of likely N-dealkylation sites (tertiary alicyclic amines) is 1. The van der Waals surface area contributed by atoms with Crippen molar-refractivity contribution in [3.8, 4) is 0 Å². The molecule has 1 fully saturated rings. The highest BCUT2D eigenvalue weighted by Gasteiger charge is 2.15. The van der Waals surface area contributed by atoms with Crippen molar-refractivity contribution >= 4 is 11.9 Å². The number of piperidine rings is 1. The van der Waals surface area contributed by atoms with Crippen LogP contribution in [0.1, 0.15) is 25.7 Å². The van der Waals surface area contributed by atoms with E-state index in [0.29, 0.717) is 13.0 Å². The molecule has 0 aromatic rings. The molecule has 1 saturated heterocycles. The smallest absolute Gasteiger partial charge is 0.332 e. The third-order valence-corrected chi connectivity index (χ3v) is 2.87. The molecular formula is C12H20N2O3. The third kappa shape index (κ3) is 4.99. The Morgan fingerprint density at radius 1 is 1.24 bits per heavy atom. The van der Waals surface area contributed by atoms with Gasteiger partial charge in [-0.1, -0.05) is 6.58 Å². The van der Waals surface area contributed by atoms with Crippen LogP contribution in [-0.4, -0.2) is 48.1 Å². The minimum atomic E-state index is -1.00. The summed E-state index contributed by atoms with van der Waals surface area (Å²) in [6.45, 7) is 5.85. The zero-order valence-corrected chi connectivity index (χ0v) is 10.1. The van der Waals surface area contributed by atoms with Crippen LogP contribution < -0.4 is 5.32 Å². The van der Waals surface area contributed by atoms with Crippen LogP contribution in [0, 0.1) is 0 Å². The molecule has 0 radical (unpaired) electrons. The minimum Gasteiger partial charge on any atom is -0.478 e. The van der Waals surface area contributed by atoms with Gasteiger partial charge in [0.25, 0.3) is 0 Å². The summed E-state index contributed by atoms with van der Waals surface area (Å²) >= 11 is 0. The van der Waals surface area contributed by atoms with E-state index in [2.05, 4.69) is 11.9 Å². The minimum absolute atomic E-state index is 0.121. The highest BCUT2D eigenvalue weighted by atomic mass is 16.4. The number of carboxylic acid groups (broad SMARTS) is 1. The number of carbonyl (C=O) groups excluding carboxylic acids is 1. The van der Waals surface area contributed by atoms with Crippen LogP contribution in [0.2, 0.25) is 0 Å². The van der Waals surface area contributed by atoms with E-state index in [9.17, 15) is 9.59 Å². The second-order valence-corrected chi connectivity index (χ2v) is 4.28. The van der Waals surface area contributed by atoms with E-state index in [1.165, 1.54) is 6.42 Å². The molecule has 1 amide bonds. The van der Waals surface area contributed by atoms with E-state index in [1.807, 2.05) is 4.90 Å². The molecule has 0 bridgehead atoms. The number of nitrogens with one attached hydrogen (secondary N) is 1. The average Bonchev–Trinajstić information content (AvgIpc) is 2.35. The molecule has 1 aliphatic heterocycles. The number of hydrogen-bond donors (Lipinski definition) is 2. The normalized spacial score (nSPS) is 15.6. The van der Waals surface area contributed by atoms with Crippen molar-refractivity contribution in [2.45, 2.75) is 25.7 Å². The van der Waals surface area contributed by atoms with E-state index in [1.54, 1.807) is 0 Å². The van der Waals surface area contributed by atoms with E-state index < -0.39 is 5.97 Å². The van der Waals surface area contributed by atoms with Crippen LogP contribution in [0.5, 0.6) is 0 Å². The Morgan fingerprint density at radius 2 is 1.88 bits per heavy atom. The Labute approximate surface area is 101 Å². The van der Waals surface area contributed by atoms with Crippen LogP contribution in [0.15, 0.2) is 12.2 Å². The Kier molecular flexibility index (Phi) is 5.69. The van der Waals surface area contributed by atoms with E-state index >= 15 is 0 Å². The summed E-state index contributed by atoms with van der Waals surface area (Å²) in [4.78, 5) is 24.1. The van der Waals surface area contributed by atoms with Gasteiger partial charge in [-0.25, -0.2) is 4.79 Å². The summed E-state index contributed by atoms with van der Waals surface area (Å²) in [6, 6.07) is 0. The molecule has 0 atom stereocenters. The summed E-state index contributed by atoms with van der Waals surface area (Å²) in [5, 5.41) is 11.5. The lowest BCUT2D eigenvalue weighted by molar-refractivity contribution is -0.132. The standard InChI is InChI=1S/C12H20N2O3/c1-10(12(16)17)9-13-6-5-11(15)14-7-3-2-4-8-14/h13H,1-9H2,(H,16,17). The molecule has 1 aliphatic rings. The van der Waals surface area contributed by atoms with Gasteiger partial charge in [0.05, 0.1) is 0 Å². The number of nitrogens with zero attached hydrogens (tertiary/aromatic N) is 1. The van der Waals surface area contributed by atoms with Gasteiger partial charge in [0.2, 0.25) is 5.91 Å². The molecule has 0 aliphatic carbocycles. The molecule has 0 aromatic carbocycles. The largest absolute Gasteiger partial charge is 0.478 e. The van der Waals surface area contributed by atoms with Gasteiger partial charge in [-0.15, -0.1) is 0 Å². The maximum atomic E-state index is 11.7. The van der Waals surface area contributed by atoms with Crippen LogP contribution in [0.4, 0.5) is 0 Å². The number of rotatable bonds is 6. The maximum absolute atomic E-state index is 11.7. The van der Waals surface area contributed by atoms with Gasteiger partial charge in [0.15, 0.2) is 0 Å². The van der Waals surface area contributed by atoms with Crippen molar-refractivity contribution in [2.24, 2.45) is 0 Å². The first-order valence-electron chi connectivity index (χ1n) is 6.01. The van der Waals surface area contributed by atoms with Gasteiger partial charge in [-0.2, -0.15) is 0 Å². The second-order valence-electron chi connectivity index (χ2n) is 4.28.